The molecule has 0 radical (unpaired) electrons. The highest BCUT2D eigenvalue weighted by atomic mass is 35.5. The minimum Gasteiger partial charge on any atom is -0.329 e. The molecule has 4 aromatic rings. The minimum absolute atomic E-state index is 0.212. The number of nitrogens with one attached hydrogen (secondary N) is 1. The molecule has 0 aliphatic carbocycles. The number of benzene rings is 1. The third-order valence-electron chi connectivity index (χ3n) is 4.14. The van der Waals surface area contributed by atoms with E-state index in [1.165, 1.54) is 4.57 Å². The molecule has 0 atom stereocenters. The van der Waals surface area contributed by atoms with Gasteiger partial charge in [0.1, 0.15) is 11.5 Å². The van der Waals surface area contributed by atoms with Gasteiger partial charge in [0.2, 0.25) is 0 Å². The molecule has 0 unspecified atom stereocenters. The van der Waals surface area contributed by atoms with Crippen LogP contribution < -0.4 is 5.69 Å². The second-order valence-electron chi connectivity index (χ2n) is 5.73. The van der Waals surface area contributed by atoms with Crippen LogP contribution in [0.3, 0.4) is 0 Å². The summed E-state index contributed by atoms with van der Waals surface area (Å²) in [4.78, 5) is 20.5. The zero-order chi connectivity index (χ0) is 17.4. The van der Waals surface area contributed by atoms with Crippen molar-refractivity contribution < 1.29 is 0 Å². The molecule has 126 valence electrons. The molecule has 0 aliphatic rings. The van der Waals surface area contributed by atoms with E-state index in [1.54, 1.807) is 13.2 Å². The van der Waals surface area contributed by atoms with Crippen LogP contribution in [0.1, 0.15) is 5.82 Å². The molecule has 7 nitrogen and oxygen atoms in total. The predicted octanol–water partition coefficient (Wildman–Crippen LogP) is 2.42. The van der Waals surface area contributed by atoms with E-state index in [-0.39, 0.29) is 5.69 Å². The molecule has 1 aromatic carbocycles. The lowest BCUT2D eigenvalue weighted by Crippen LogP contribution is -2.15. The zero-order valence-corrected chi connectivity index (χ0v) is 14.2. The van der Waals surface area contributed by atoms with Crippen molar-refractivity contribution in [3.63, 3.8) is 0 Å². The SMILES string of the molecule is Cn1c(CCn2ccnc2-c2ccc3cc(Cl)ccc3n2)n[nH]c1=O. The first-order valence-electron chi connectivity index (χ1n) is 7.80. The Labute approximate surface area is 147 Å². The molecule has 0 bridgehead atoms. The maximum atomic E-state index is 11.4. The summed E-state index contributed by atoms with van der Waals surface area (Å²) in [5, 5.41) is 8.15. The second kappa shape index (κ2) is 6.18. The summed E-state index contributed by atoms with van der Waals surface area (Å²) in [6.07, 6.45) is 4.25. The Balaban J connectivity index is 1.64. The summed E-state index contributed by atoms with van der Waals surface area (Å²) in [6.45, 7) is 0.647. The number of hydrogen-bond acceptors (Lipinski definition) is 4. The number of pyridine rings is 1. The standard InChI is InChI=1S/C17H15ClN6O/c1-23-15(21-22-17(23)25)6-8-24-9-7-19-16(24)14-4-2-11-10-12(18)3-5-13(11)20-14/h2-5,7,9-10H,6,8H2,1H3,(H,22,25). The molecule has 25 heavy (non-hydrogen) atoms. The molecule has 8 heteroatoms. The highest BCUT2D eigenvalue weighted by Gasteiger charge is 2.10. The first-order valence-corrected chi connectivity index (χ1v) is 8.18. The summed E-state index contributed by atoms with van der Waals surface area (Å²) in [5.41, 5.74) is 1.44. The number of aromatic nitrogens is 6. The lowest BCUT2D eigenvalue weighted by molar-refractivity contribution is 0.649. The van der Waals surface area contributed by atoms with E-state index >= 15 is 0 Å². The van der Waals surface area contributed by atoms with Crippen LogP contribution in [0.2, 0.25) is 5.02 Å². The molecule has 0 saturated heterocycles. The number of rotatable bonds is 4. The summed E-state index contributed by atoms with van der Waals surface area (Å²) < 4.78 is 3.51. The molecule has 1 N–H and O–H groups in total. The van der Waals surface area contributed by atoms with Gasteiger partial charge in [0, 0.05) is 42.8 Å². The Morgan fingerprint density at radius 1 is 1.24 bits per heavy atom. The van der Waals surface area contributed by atoms with Crippen LogP contribution >= 0.6 is 11.6 Å². The smallest absolute Gasteiger partial charge is 0.329 e. The maximum Gasteiger partial charge on any atom is 0.343 e. The molecule has 4 rings (SSSR count). The molecule has 0 amide bonds. The van der Waals surface area contributed by atoms with Crippen LogP contribution in [0.15, 0.2) is 47.5 Å². The Kier molecular flexibility index (Phi) is 3.85. The van der Waals surface area contributed by atoms with Crippen LogP contribution in [-0.2, 0) is 20.0 Å². The number of aromatic amines is 1. The van der Waals surface area contributed by atoms with Crippen molar-refractivity contribution in [3.05, 3.63) is 64.1 Å². The highest BCUT2D eigenvalue weighted by molar-refractivity contribution is 6.31. The second-order valence-corrected chi connectivity index (χ2v) is 6.17. The molecule has 0 aliphatic heterocycles. The van der Waals surface area contributed by atoms with E-state index in [9.17, 15) is 4.79 Å². The summed E-state index contributed by atoms with van der Waals surface area (Å²) in [5.74, 6) is 1.48. The van der Waals surface area contributed by atoms with Crippen LogP contribution in [0.4, 0.5) is 0 Å². The van der Waals surface area contributed by atoms with Gasteiger partial charge < -0.3 is 4.57 Å². The van der Waals surface area contributed by atoms with E-state index in [0.717, 1.165) is 22.4 Å². The van der Waals surface area contributed by atoms with Crippen LogP contribution in [0, 0.1) is 0 Å². The lowest BCUT2D eigenvalue weighted by Gasteiger charge is -2.08. The van der Waals surface area contributed by atoms with Gasteiger partial charge in [-0.3, -0.25) is 4.57 Å². The Morgan fingerprint density at radius 3 is 2.92 bits per heavy atom. The van der Waals surface area contributed by atoms with Crippen molar-refractivity contribution in [2.24, 2.45) is 7.05 Å². The van der Waals surface area contributed by atoms with Gasteiger partial charge >= 0.3 is 5.69 Å². The van der Waals surface area contributed by atoms with Gasteiger partial charge in [-0.05, 0) is 24.3 Å². The van der Waals surface area contributed by atoms with Crippen molar-refractivity contribution in [2.45, 2.75) is 13.0 Å². The molecule has 0 saturated carbocycles. The zero-order valence-electron chi connectivity index (χ0n) is 13.5. The first-order chi connectivity index (χ1) is 12.1. The minimum atomic E-state index is -0.212. The normalized spacial score (nSPS) is 11.3. The fourth-order valence-electron chi connectivity index (χ4n) is 2.77. The largest absolute Gasteiger partial charge is 0.343 e. The van der Waals surface area contributed by atoms with Crippen molar-refractivity contribution in [2.75, 3.05) is 0 Å². The fourth-order valence-corrected chi connectivity index (χ4v) is 2.95. The van der Waals surface area contributed by atoms with Crippen LogP contribution in [-0.4, -0.2) is 29.3 Å². The van der Waals surface area contributed by atoms with Crippen molar-refractivity contribution in [3.8, 4) is 11.5 Å². The average Bonchev–Trinajstić information content (AvgIpc) is 3.20. The number of H-pyrrole nitrogens is 1. The number of halogens is 1. The number of nitrogens with zero attached hydrogens (tertiary/aromatic N) is 5. The van der Waals surface area contributed by atoms with Gasteiger partial charge in [-0.25, -0.2) is 19.9 Å². The van der Waals surface area contributed by atoms with Gasteiger partial charge in [0.05, 0.1) is 5.52 Å². The number of fused-ring (bicyclic) bond motifs is 1. The van der Waals surface area contributed by atoms with Crippen LogP contribution in [0.25, 0.3) is 22.4 Å². The van der Waals surface area contributed by atoms with Gasteiger partial charge in [-0.15, -0.1) is 0 Å². The topological polar surface area (TPSA) is 81.4 Å². The van der Waals surface area contributed by atoms with Gasteiger partial charge in [0.25, 0.3) is 0 Å². The third-order valence-corrected chi connectivity index (χ3v) is 4.38. The van der Waals surface area contributed by atoms with E-state index < -0.39 is 0 Å². The van der Waals surface area contributed by atoms with Crippen molar-refractivity contribution in [1.82, 2.24) is 29.3 Å². The van der Waals surface area contributed by atoms with E-state index in [2.05, 4.69) is 20.2 Å². The van der Waals surface area contributed by atoms with Crippen molar-refractivity contribution in [1.29, 1.82) is 0 Å². The number of imidazole rings is 1. The lowest BCUT2D eigenvalue weighted by atomic mass is 10.2. The Morgan fingerprint density at radius 2 is 2.12 bits per heavy atom. The Hall–Kier alpha value is -2.93. The monoisotopic (exact) mass is 354 g/mol. The average molecular weight is 355 g/mol. The Bertz CT molecular complexity index is 1110. The molecule has 3 heterocycles. The predicted molar refractivity (Wildman–Crippen MR) is 95.5 cm³/mol. The van der Waals surface area contributed by atoms with E-state index in [4.69, 9.17) is 11.6 Å². The first kappa shape index (κ1) is 15.6. The molecular weight excluding hydrogens is 340 g/mol. The van der Waals surface area contributed by atoms with E-state index in [1.807, 2.05) is 41.1 Å². The van der Waals surface area contributed by atoms with Crippen LogP contribution in [0.5, 0.6) is 0 Å². The molecule has 3 aromatic heterocycles. The molecular formula is C17H15ClN6O. The summed E-state index contributed by atoms with van der Waals surface area (Å²) in [7, 11) is 1.70. The summed E-state index contributed by atoms with van der Waals surface area (Å²) >= 11 is 6.02. The summed E-state index contributed by atoms with van der Waals surface area (Å²) in [6, 6.07) is 9.53. The third kappa shape index (κ3) is 2.94. The highest BCUT2D eigenvalue weighted by Crippen LogP contribution is 2.22. The number of aryl methyl sites for hydroxylation is 2. The fraction of sp³-hybridized carbons (Fsp3) is 0.176. The number of hydrogen-bond donors (Lipinski definition) is 1. The van der Waals surface area contributed by atoms with Crippen molar-refractivity contribution >= 4 is 22.5 Å². The van der Waals surface area contributed by atoms with E-state index in [0.29, 0.717) is 23.8 Å². The maximum absolute atomic E-state index is 11.4. The van der Waals surface area contributed by atoms with Gasteiger partial charge in [-0.1, -0.05) is 17.7 Å². The van der Waals surface area contributed by atoms with Gasteiger partial charge in [-0.2, -0.15) is 5.10 Å². The quantitative estimate of drug-likeness (QED) is 0.610. The van der Waals surface area contributed by atoms with Gasteiger partial charge in [0.15, 0.2) is 5.82 Å². The molecule has 0 spiro atoms. The molecule has 0 fully saturated rings.